The Morgan fingerprint density at radius 3 is 2.48 bits per heavy atom. The maximum atomic E-state index is 12.8. The van der Waals surface area contributed by atoms with Gasteiger partial charge in [0.2, 0.25) is 0 Å². The minimum Gasteiger partial charge on any atom is -0.479 e. The number of nitrogens with zero attached hydrogens (tertiary/aromatic N) is 1. The summed E-state index contributed by atoms with van der Waals surface area (Å²) in [5, 5.41) is 9.84. The molecule has 6 heteroatoms. The van der Waals surface area contributed by atoms with E-state index in [4.69, 9.17) is 9.47 Å². The second-order valence-corrected chi connectivity index (χ2v) is 5.95. The smallest absolute Gasteiger partial charge is 0.415 e. The molecule has 0 bridgehead atoms. The van der Waals surface area contributed by atoms with Gasteiger partial charge in [-0.05, 0) is 17.2 Å². The van der Waals surface area contributed by atoms with E-state index < -0.39 is 17.6 Å². The number of anilines is 1. The summed E-state index contributed by atoms with van der Waals surface area (Å²) in [6.07, 6.45) is -0.527. The Kier molecular flexibility index (Phi) is 4.72. The van der Waals surface area contributed by atoms with Crippen molar-refractivity contribution in [1.29, 1.82) is 0 Å². The summed E-state index contributed by atoms with van der Waals surface area (Å²) in [6.45, 7) is -0.0571. The highest BCUT2D eigenvalue weighted by molar-refractivity contribution is 6.01. The van der Waals surface area contributed by atoms with E-state index in [1.807, 2.05) is 42.5 Å². The Hall–Kier alpha value is -2.86. The van der Waals surface area contributed by atoms with Gasteiger partial charge in [0.05, 0.1) is 12.3 Å². The summed E-state index contributed by atoms with van der Waals surface area (Å²) >= 11 is 0. The number of amides is 1. The molecule has 1 aliphatic rings. The van der Waals surface area contributed by atoms with E-state index >= 15 is 0 Å². The first kappa shape index (κ1) is 17.0. The number of carboxylic acids is 1. The molecule has 2 aromatic carbocycles. The van der Waals surface area contributed by atoms with Crippen LogP contribution >= 0.6 is 0 Å². The summed E-state index contributed by atoms with van der Waals surface area (Å²) in [7, 11) is 1.42. The van der Waals surface area contributed by atoms with Crippen LogP contribution in [0.2, 0.25) is 0 Å². The highest BCUT2D eigenvalue weighted by atomic mass is 16.6. The zero-order valence-electron chi connectivity index (χ0n) is 13.8. The number of hydrogen-bond donors (Lipinski definition) is 1. The lowest BCUT2D eigenvalue weighted by molar-refractivity contribution is -0.145. The summed E-state index contributed by atoms with van der Waals surface area (Å²) in [4.78, 5) is 26.0. The van der Waals surface area contributed by atoms with Crippen LogP contribution in [0.4, 0.5) is 10.5 Å². The molecule has 1 N–H and O–H groups in total. The molecule has 0 saturated heterocycles. The number of aliphatic carboxylic acids is 1. The fourth-order valence-corrected chi connectivity index (χ4v) is 3.15. The molecule has 1 atom stereocenters. The van der Waals surface area contributed by atoms with Crippen LogP contribution in [-0.4, -0.2) is 36.4 Å². The van der Waals surface area contributed by atoms with E-state index in [0.717, 1.165) is 11.1 Å². The lowest BCUT2D eigenvalue weighted by Crippen LogP contribution is -2.58. The van der Waals surface area contributed by atoms with Crippen molar-refractivity contribution >= 4 is 17.7 Å². The van der Waals surface area contributed by atoms with Crippen LogP contribution < -0.4 is 4.90 Å². The molecule has 1 aliphatic heterocycles. The van der Waals surface area contributed by atoms with E-state index in [1.165, 1.54) is 12.0 Å². The largest absolute Gasteiger partial charge is 0.479 e. The number of para-hydroxylation sites is 1. The Bertz CT molecular complexity index is 776. The number of benzene rings is 2. The molecule has 0 aromatic heterocycles. The second-order valence-electron chi connectivity index (χ2n) is 5.95. The van der Waals surface area contributed by atoms with Crippen LogP contribution in [-0.2, 0) is 27.3 Å². The average Bonchev–Trinajstić information content (AvgIpc) is 2.96. The Morgan fingerprint density at radius 1 is 1.12 bits per heavy atom. The number of fused-ring (bicyclic) bond motifs is 1. The van der Waals surface area contributed by atoms with Gasteiger partial charge in [0, 0.05) is 13.5 Å². The van der Waals surface area contributed by atoms with E-state index in [1.54, 1.807) is 12.1 Å². The number of hydrogen-bond acceptors (Lipinski definition) is 4. The molecule has 1 amide bonds. The van der Waals surface area contributed by atoms with Crippen molar-refractivity contribution in [3.63, 3.8) is 0 Å². The Labute approximate surface area is 145 Å². The van der Waals surface area contributed by atoms with Gasteiger partial charge < -0.3 is 14.6 Å². The lowest BCUT2D eigenvalue weighted by Gasteiger charge is -2.33. The van der Waals surface area contributed by atoms with Gasteiger partial charge in [0.15, 0.2) is 5.54 Å². The molecule has 1 unspecified atom stereocenters. The minimum absolute atomic E-state index is 0.0705. The molecule has 25 heavy (non-hydrogen) atoms. The van der Waals surface area contributed by atoms with E-state index in [-0.39, 0.29) is 19.6 Å². The average molecular weight is 341 g/mol. The normalized spacial score (nSPS) is 18.7. The number of carboxylic acid groups (broad SMARTS) is 1. The predicted octanol–water partition coefficient (Wildman–Crippen LogP) is 2.86. The topological polar surface area (TPSA) is 76.1 Å². The highest BCUT2D eigenvalue weighted by Crippen LogP contribution is 2.40. The van der Waals surface area contributed by atoms with Gasteiger partial charge in [-0.1, -0.05) is 48.5 Å². The highest BCUT2D eigenvalue weighted by Gasteiger charge is 2.53. The summed E-state index contributed by atoms with van der Waals surface area (Å²) in [5.74, 6) is -1.12. The quantitative estimate of drug-likeness (QED) is 0.905. The fourth-order valence-electron chi connectivity index (χ4n) is 3.15. The maximum Gasteiger partial charge on any atom is 0.415 e. The number of rotatable bonds is 5. The van der Waals surface area contributed by atoms with Gasteiger partial charge in [0.1, 0.15) is 6.61 Å². The molecule has 0 radical (unpaired) electrons. The van der Waals surface area contributed by atoms with Crippen molar-refractivity contribution in [3.05, 3.63) is 65.7 Å². The van der Waals surface area contributed by atoms with Crippen molar-refractivity contribution in [2.24, 2.45) is 0 Å². The van der Waals surface area contributed by atoms with Crippen molar-refractivity contribution in [2.75, 3.05) is 18.6 Å². The van der Waals surface area contributed by atoms with Gasteiger partial charge >= 0.3 is 12.1 Å². The summed E-state index contributed by atoms with van der Waals surface area (Å²) in [6, 6.07) is 16.4. The van der Waals surface area contributed by atoms with Crippen molar-refractivity contribution in [1.82, 2.24) is 0 Å². The van der Waals surface area contributed by atoms with Crippen LogP contribution in [0, 0.1) is 0 Å². The van der Waals surface area contributed by atoms with Crippen LogP contribution in [0.5, 0.6) is 0 Å². The Balaban J connectivity index is 1.91. The third kappa shape index (κ3) is 3.08. The summed E-state index contributed by atoms with van der Waals surface area (Å²) in [5.41, 5.74) is 0.640. The van der Waals surface area contributed by atoms with Gasteiger partial charge in [-0.25, -0.2) is 9.59 Å². The number of ether oxygens (including phenoxy) is 2. The number of methoxy groups -OCH3 is 1. The minimum atomic E-state index is -1.51. The van der Waals surface area contributed by atoms with Crippen LogP contribution in [0.3, 0.4) is 0 Å². The molecule has 0 spiro atoms. The van der Waals surface area contributed by atoms with Crippen molar-refractivity contribution < 1.29 is 24.2 Å². The van der Waals surface area contributed by atoms with Crippen molar-refractivity contribution in [2.45, 2.75) is 18.6 Å². The Morgan fingerprint density at radius 2 is 1.80 bits per heavy atom. The zero-order chi connectivity index (χ0) is 17.9. The molecule has 1 heterocycles. The maximum absolute atomic E-state index is 12.8. The molecular formula is C19H19NO5. The molecule has 2 aromatic rings. The third-order valence-electron chi connectivity index (χ3n) is 4.31. The van der Waals surface area contributed by atoms with Crippen LogP contribution in [0.1, 0.15) is 11.1 Å². The van der Waals surface area contributed by atoms with Crippen LogP contribution in [0.15, 0.2) is 54.6 Å². The van der Waals surface area contributed by atoms with Gasteiger partial charge in [-0.15, -0.1) is 0 Å². The molecule has 6 nitrogen and oxygen atoms in total. The third-order valence-corrected chi connectivity index (χ3v) is 4.31. The monoisotopic (exact) mass is 341 g/mol. The standard InChI is InChI=1S/C19H19NO5/c1-24-13-19(17(21)22)11-15-9-5-6-10-16(15)20(19)18(23)25-12-14-7-3-2-4-8-14/h2-10H,11-13H2,1H3,(H,21,22). The zero-order valence-corrected chi connectivity index (χ0v) is 13.8. The van der Waals surface area contributed by atoms with Crippen LogP contribution in [0.25, 0.3) is 0 Å². The first-order valence-corrected chi connectivity index (χ1v) is 7.89. The van der Waals surface area contributed by atoms with E-state index in [9.17, 15) is 14.7 Å². The lowest BCUT2D eigenvalue weighted by atomic mass is 9.95. The molecule has 0 saturated carbocycles. The molecule has 3 rings (SSSR count). The first-order chi connectivity index (χ1) is 12.1. The van der Waals surface area contributed by atoms with Gasteiger partial charge in [-0.2, -0.15) is 0 Å². The number of carbonyl (C=O) groups is 2. The predicted molar refractivity (Wildman–Crippen MR) is 91.5 cm³/mol. The summed E-state index contributed by atoms with van der Waals surface area (Å²) < 4.78 is 10.5. The van der Waals surface area contributed by atoms with Crippen molar-refractivity contribution in [3.8, 4) is 0 Å². The fraction of sp³-hybridized carbons (Fsp3) is 0.263. The van der Waals surface area contributed by atoms with E-state index in [2.05, 4.69) is 0 Å². The van der Waals surface area contributed by atoms with Gasteiger partial charge in [-0.3, -0.25) is 4.90 Å². The first-order valence-electron chi connectivity index (χ1n) is 7.89. The molecule has 130 valence electrons. The number of carbonyl (C=O) groups excluding carboxylic acids is 1. The SMILES string of the molecule is COCC1(C(=O)O)Cc2ccccc2N1C(=O)OCc1ccccc1. The molecule has 0 fully saturated rings. The molecule has 0 aliphatic carbocycles. The van der Waals surface area contributed by atoms with Gasteiger partial charge in [0.25, 0.3) is 0 Å². The second kappa shape index (κ2) is 6.94. The molecular weight excluding hydrogens is 322 g/mol. The van der Waals surface area contributed by atoms with E-state index in [0.29, 0.717) is 5.69 Å².